The number of fused-ring (bicyclic) bond motifs is 2. The van der Waals surface area contributed by atoms with Gasteiger partial charge in [-0.1, -0.05) is 32.0 Å². The molecule has 0 bridgehead atoms. The average Bonchev–Trinajstić information content (AvgIpc) is 2.69. The molecule has 4 heteroatoms. The molecule has 2 heterocycles. The first-order valence-corrected chi connectivity index (χ1v) is 7.76. The van der Waals surface area contributed by atoms with Gasteiger partial charge >= 0.3 is 0 Å². The lowest BCUT2D eigenvalue weighted by Gasteiger charge is -2.32. The van der Waals surface area contributed by atoms with E-state index >= 15 is 0 Å². The van der Waals surface area contributed by atoms with Crippen molar-refractivity contribution in [3.05, 3.63) is 29.3 Å². The fraction of sp³-hybridized carbons (Fsp3) is 0.588. The van der Waals surface area contributed by atoms with E-state index in [-0.39, 0.29) is 5.91 Å². The zero-order valence-corrected chi connectivity index (χ0v) is 13.0. The molecule has 1 saturated heterocycles. The molecule has 1 aromatic carbocycles. The number of anilines is 1. The minimum Gasteiger partial charge on any atom is -0.338 e. The summed E-state index contributed by atoms with van der Waals surface area (Å²) in [6.45, 7) is 8.22. The van der Waals surface area contributed by atoms with Gasteiger partial charge in [-0.05, 0) is 31.2 Å². The second kappa shape index (κ2) is 5.43. The predicted molar refractivity (Wildman–Crippen MR) is 81.2 cm³/mol. The fourth-order valence-corrected chi connectivity index (χ4v) is 3.09. The summed E-state index contributed by atoms with van der Waals surface area (Å²) >= 11 is 0. The van der Waals surface area contributed by atoms with Crippen LogP contribution in [0.3, 0.4) is 0 Å². The molecule has 0 N–H and O–H groups in total. The molecular formula is C17H23NO3. The van der Waals surface area contributed by atoms with Crippen LogP contribution in [0, 0.1) is 12.8 Å². The van der Waals surface area contributed by atoms with Gasteiger partial charge in [-0.2, -0.15) is 0 Å². The smallest absolute Gasteiger partial charge is 0.292 e. The van der Waals surface area contributed by atoms with Gasteiger partial charge in [0.15, 0.2) is 0 Å². The summed E-state index contributed by atoms with van der Waals surface area (Å²) in [5.74, 6) is -0.710. The first-order valence-electron chi connectivity index (χ1n) is 7.76. The number of hydrogen-bond donors (Lipinski definition) is 0. The molecule has 2 aliphatic heterocycles. The largest absolute Gasteiger partial charge is 0.338 e. The third-order valence-electron chi connectivity index (χ3n) is 4.22. The quantitative estimate of drug-likeness (QED) is 0.858. The summed E-state index contributed by atoms with van der Waals surface area (Å²) < 4.78 is 11.7. The van der Waals surface area contributed by atoms with Gasteiger partial charge in [0.2, 0.25) is 0 Å². The van der Waals surface area contributed by atoms with Crippen molar-refractivity contribution in [3.8, 4) is 0 Å². The van der Waals surface area contributed by atoms with E-state index in [4.69, 9.17) is 9.47 Å². The van der Waals surface area contributed by atoms with Crippen LogP contribution < -0.4 is 4.90 Å². The lowest BCUT2D eigenvalue weighted by molar-refractivity contribution is -0.256. The van der Waals surface area contributed by atoms with Crippen LogP contribution in [0.2, 0.25) is 0 Å². The van der Waals surface area contributed by atoms with Crippen molar-refractivity contribution in [2.75, 3.05) is 24.7 Å². The first kappa shape index (κ1) is 14.5. The van der Waals surface area contributed by atoms with E-state index in [9.17, 15) is 4.79 Å². The lowest BCUT2D eigenvalue weighted by Crippen LogP contribution is -2.47. The molecular weight excluding hydrogens is 266 g/mol. The van der Waals surface area contributed by atoms with Gasteiger partial charge in [0.1, 0.15) is 0 Å². The van der Waals surface area contributed by atoms with E-state index in [2.05, 4.69) is 13.8 Å². The molecule has 3 rings (SSSR count). The van der Waals surface area contributed by atoms with Crippen LogP contribution in [0.25, 0.3) is 0 Å². The number of amides is 1. The van der Waals surface area contributed by atoms with Crippen molar-refractivity contribution in [1.82, 2.24) is 0 Å². The van der Waals surface area contributed by atoms with E-state index < -0.39 is 5.79 Å². The van der Waals surface area contributed by atoms with Crippen molar-refractivity contribution in [3.63, 3.8) is 0 Å². The van der Waals surface area contributed by atoms with Gasteiger partial charge in [0.05, 0.1) is 18.9 Å². The maximum Gasteiger partial charge on any atom is 0.292 e. The molecule has 1 aromatic rings. The van der Waals surface area contributed by atoms with Crippen LogP contribution in [0.4, 0.5) is 5.69 Å². The molecule has 0 atom stereocenters. The highest BCUT2D eigenvalue weighted by Crippen LogP contribution is 2.46. The summed E-state index contributed by atoms with van der Waals surface area (Å²) in [4.78, 5) is 14.8. The highest BCUT2D eigenvalue weighted by molar-refractivity contribution is 6.06. The third-order valence-corrected chi connectivity index (χ3v) is 4.22. The summed E-state index contributed by atoms with van der Waals surface area (Å²) in [5, 5.41) is 0. The number of aryl methyl sites for hydroxylation is 1. The minimum atomic E-state index is -1.20. The minimum absolute atomic E-state index is 0.0628. The van der Waals surface area contributed by atoms with Gasteiger partial charge in [0.25, 0.3) is 11.7 Å². The molecule has 0 radical (unpaired) electrons. The van der Waals surface area contributed by atoms with Crippen LogP contribution in [-0.4, -0.2) is 25.7 Å². The van der Waals surface area contributed by atoms with Crippen LogP contribution in [-0.2, 0) is 20.1 Å². The number of ether oxygens (including phenoxy) is 2. The van der Waals surface area contributed by atoms with E-state index in [1.54, 1.807) is 0 Å². The van der Waals surface area contributed by atoms with Gasteiger partial charge in [-0.15, -0.1) is 0 Å². The van der Waals surface area contributed by atoms with Crippen molar-refractivity contribution in [2.24, 2.45) is 5.92 Å². The van der Waals surface area contributed by atoms with E-state index in [1.165, 1.54) is 0 Å². The number of hydrogen-bond acceptors (Lipinski definition) is 3. The Hall–Kier alpha value is -1.39. The molecule has 2 aliphatic rings. The molecule has 0 aromatic heterocycles. The normalized spacial score (nSPS) is 20.4. The van der Waals surface area contributed by atoms with Crippen molar-refractivity contribution >= 4 is 11.6 Å². The van der Waals surface area contributed by atoms with Gasteiger partial charge < -0.3 is 14.4 Å². The molecule has 4 nitrogen and oxygen atoms in total. The Kier molecular flexibility index (Phi) is 3.76. The summed E-state index contributed by atoms with van der Waals surface area (Å²) in [7, 11) is 0. The molecule has 1 spiro atoms. The summed E-state index contributed by atoms with van der Waals surface area (Å²) in [5.41, 5.74) is 2.94. The van der Waals surface area contributed by atoms with Gasteiger partial charge in [0, 0.05) is 12.1 Å². The summed E-state index contributed by atoms with van der Waals surface area (Å²) in [6.07, 6.45) is 1.80. The van der Waals surface area contributed by atoms with Gasteiger partial charge in [-0.25, -0.2) is 0 Å². The number of benzene rings is 1. The SMILES string of the molecule is Cc1cccc2c1N(CCC(C)C)C(=O)C21OCCCO1. The highest BCUT2D eigenvalue weighted by atomic mass is 16.7. The van der Waals surface area contributed by atoms with Gasteiger partial charge in [-0.3, -0.25) is 4.79 Å². The van der Waals surface area contributed by atoms with Crippen molar-refractivity contribution < 1.29 is 14.3 Å². The first-order chi connectivity index (χ1) is 10.1. The number of rotatable bonds is 3. The molecule has 0 saturated carbocycles. The van der Waals surface area contributed by atoms with E-state index in [0.717, 1.165) is 29.7 Å². The lowest BCUT2D eigenvalue weighted by atomic mass is 10.0. The predicted octanol–water partition coefficient (Wildman–Crippen LogP) is 2.98. The Morgan fingerprint density at radius 1 is 1.29 bits per heavy atom. The zero-order chi connectivity index (χ0) is 15.0. The second-order valence-electron chi connectivity index (χ2n) is 6.28. The highest BCUT2D eigenvalue weighted by Gasteiger charge is 2.55. The van der Waals surface area contributed by atoms with Crippen LogP contribution in [0.1, 0.15) is 37.8 Å². The average molecular weight is 289 g/mol. The fourth-order valence-electron chi connectivity index (χ4n) is 3.09. The third kappa shape index (κ3) is 2.27. The number of para-hydroxylation sites is 1. The van der Waals surface area contributed by atoms with Crippen molar-refractivity contribution in [1.29, 1.82) is 0 Å². The molecule has 21 heavy (non-hydrogen) atoms. The van der Waals surface area contributed by atoms with Crippen LogP contribution in [0.5, 0.6) is 0 Å². The van der Waals surface area contributed by atoms with E-state index in [1.807, 2.05) is 30.0 Å². The molecule has 114 valence electrons. The number of nitrogens with zero attached hydrogens (tertiary/aromatic N) is 1. The Labute approximate surface area is 126 Å². The number of carbonyl (C=O) groups excluding carboxylic acids is 1. The molecule has 0 unspecified atom stereocenters. The monoisotopic (exact) mass is 289 g/mol. The number of carbonyl (C=O) groups is 1. The second-order valence-corrected chi connectivity index (χ2v) is 6.28. The Balaban J connectivity index is 2.03. The molecule has 1 amide bonds. The Morgan fingerprint density at radius 2 is 2.00 bits per heavy atom. The summed E-state index contributed by atoms with van der Waals surface area (Å²) in [6, 6.07) is 5.97. The Morgan fingerprint density at radius 3 is 2.67 bits per heavy atom. The maximum absolute atomic E-state index is 13.0. The van der Waals surface area contributed by atoms with E-state index in [0.29, 0.717) is 25.7 Å². The Bertz CT molecular complexity index is 547. The van der Waals surface area contributed by atoms with Crippen LogP contribution in [0.15, 0.2) is 18.2 Å². The van der Waals surface area contributed by atoms with Crippen molar-refractivity contribution in [2.45, 2.75) is 39.4 Å². The molecule has 0 aliphatic carbocycles. The zero-order valence-electron chi connectivity index (χ0n) is 13.0. The van der Waals surface area contributed by atoms with Crippen LogP contribution >= 0.6 is 0 Å². The maximum atomic E-state index is 13.0. The molecule has 1 fully saturated rings. The standard InChI is InChI=1S/C17H23NO3/c1-12(2)8-9-18-15-13(3)6-4-7-14(15)17(16(18)19)20-10-5-11-21-17/h4,6-7,12H,5,8-11H2,1-3H3. The topological polar surface area (TPSA) is 38.8 Å².